The maximum atomic E-state index is 12.9. The monoisotopic (exact) mass is 437 g/mol. The lowest BCUT2D eigenvalue weighted by Gasteiger charge is -2.32. The molecular formula is C19H24ClN5O3S. The molecule has 1 aliphatic rings. The van der Waals surface area contributed by atoms with Gasteiger partial charge in [-0.3, -0.25) is 4.79 Å². The van der Waals surface area contributed by atoms with Crippen molar-refractivity contribution < 1.29 is 14.3 Å². The van der Waals surface area contributed by atoms with Gasteiger partial charge in [0.2, 0.25) is 5.88 Å². The minimum absolute atomic E-state index is 0.208. The largest absolute Gasteiger partial charge is 0.475 e. The third-order valence-corrected chi connectivity index (χ3v) is 5.15. The first kappa shape index (κ1) is 21.7. The lowest BCUT2D eigenvalue weighted by Crippen LogP contribution is -2.48. The summed E-state index contributed by atoms with van der Waals surface area (Å²) < 4.78 is 11.6. The van der Waals surface area contributed by atoms with Gasteiger partial charge in [-0.25, -0.2) is 15.0 Å². The molecule has 1 unspecified atom stereocenters. The highest BCUT2D eigenvalue weighted by molar-refractivity contribution is 7.98. The van der Waals surface area contributed by atoms with Crippen LogP contribution in [0.5, 0.6) is 5.88 Å². The lowest BCUT2D eigenvalue weighted by molar-refractivity contribution is -0.0409. The molecule has 3 rings (SSSR count). The van der Waals surface area contributed by atoms with Crippen LogP contribution in [-0.4, -0.2) is 69.4 Å². The van der Waals surface area contributed by atoms with Crippen molar-refractivity contribution >= 4 is 29.3 Å². The summed E-state index contributed by atoms with van der Waals surface area (Å²) in [6, 6.07) is 1.79. The minimum atomic E-state index is -0.272. The van der Waals surface area contributed by atoms with Crippen LogP contribution in [0.15, 0.2) is 17.4 Å². The van der Waals surface area contributed by atoms with E-state index in [4.69, 9.17) is 21.1 Å². The average molecular weight is 438 g/mol. The SMILES string of the molecule is CSc1ncc(Cl)c(C(=O)N2CCOC(COc3cc(C)nc(C(C)C)n3)C2)n1. The van der Waals surface area contributed by atoms with Crippen molar-refractivity contribution in [3.63, 3.8) is 0 Å². The number of carbonyl (C=O) groups is 1. The van der Waals surface area contributed by atoms with Crippen LogP contribution in [0.4, 0.5) is 0 Å². The average Bonchev–Trinajstić information content (AvgIpc) is 2.72. The molecule has 156 valence electrons. The van der Waals surface area contributed by atoms with Gasteiger partial charge in [0.05, 0.1) is 24.4 Å². The molecule has 1 fully saturated rings. The maximum absolute atomic E-state index is 12.9. The second kappa shape index (κ2) is 9.69. The number of amides is 1. The van der Waals surface area contributed by atoms with E-state index in [1.807, 2.05) is 27.0 Å². The zero-order chi connectivity index (χ0) is 21.0. The van der Waals surface area contributed by atoms with Crippen LogP contribution in [0.3, 0.4) is 0 Å². The number of aromatic nitrogens is 4. The molecule has 0 radical (unpaired) electrons. The third-order valence-electron chi connectivity index (χ3n) is 4.31. The Morgan fingerprint density at radius 1 is 1.41 bits per heavy atom. The van der Waals surface area contributed by atoms with Crippen LogP contribution >= 0.6 is 23.4 Å². The first-order valence-electron chi connectivity index (χ1n) is 9.33. The summed E-state index contributed by atoms with van der Waals surface area (Å²) in [5.74, 6) is 1.22. The molecule has 10 heteroatoms. The second-order valence-electron chi connectivity index (χ2n) is 6.97. The van der Waals surface area contributed by atoms with Gasteiger partial charge in [0.1, 0.15) is 18.5 Å². The minimum Gasteiger partial charge on any atom is -0.475 e. The van der Waals surface area contributed by atoms with Crippen LogP contribution in [0, 0.1) is 6.92 Å². The van der Waals surface area contributed by atoms with Crippen molar-refractivity contribution in [2.45, 2.75) is 37.9 Å². The maximum Gasteiger partial charge on any atom is 0.274 e. The van der Waals surface area contributed by atoms with Crippen LogP contribution in [0.2, 0.25) is 5.02 Å². The van der Waals surface area contributed by atoms with Gasteiger partial charge in [0.25, 0.3) is 5.91 Å². The molecule has 0 spiro atoms. The Hall–Kier alpha value is -1.97. The van der Waals surface area contributed by atoms with Gasteiger partial charge >= 0.3 is 0 Å². The van der Waals surface area contributed by atoms with Crippen LogP contribution in [-0.2, 0) is 4.74 Å². The summed E-state index contributed by atoms with van der Waals surface area (Å²) in [6.07, 6.45) is 3.03. The summed E-state index contributed by atoms with van der Waals surface area (Å²) in [7, 11) is 0. The summed E-state index contributed by atoms with van der Waals surface area (Å²) in [6.45, 7) is 7.53. The standard InChI is InChI=1S/C19H24ClN5O3S/c1-11(2)17-22-12(3)7-15(23-17)28-10-13-9-25(5-6-27-13)18(26)16-14(20)8-21-19(24-16)29-4/h7-8,11,13H,5-6,9-10H2,1-4H3. The summed E-state index contributed by atoms with van der Waals surface area (Å²) >= 11 is 7.51. The summed E-state index contributed by atoms with van der Waals surface area (Å²) in [4.78, 5) is 31.8. The first-order valence-corrected chi connectivity index (χ1v) is 10.9. The fourth-order valence-electron chi connectivity index (χ4n) is 2.83. The predicted octanol–water partition coefficient (Wildman–Crippen LogP) is 2.99. The van der Waals surface area contributed by atoms with Gasteiger partial charge < -0.3 is 14.4 Å². The number of thioether (sulfide) groups is 1. The summed E-state index contributed by atoms with van der Waals surface area (Å²) in [5.41, 5.74) is 1.06. The molecule has 0 aromatic carbocycles. The van der Waals surface area contributed by atoms with E-state index in [2.05, 4.69) is 19.9 Å². The topological polar surface area (TPSA) is 90.3 Å². The third kappa shape index (κ3) is 5.55. The van der Waals surface area contributed by atoms with Crippen molar-refractivity contribution in [1.29, 1.82) is 0 Å². The number of rotatable bonds is 6. The van der Waals surface area contributed by atoms with Gasteiger partial charge in [-0.1, -0.05) is 37.2 Å². The van der Waals surface area contributed by atoms with Gasteiger partial charge in [-0.05, 0) is 13.2 Å². The molecule has 1 atom stereocenters. The van der Waals surface area contributed by atoms with Crippen molar-refractivity contribution in [2.24, 2.45) is 0 Å². The number of hydrogen-bond donors (Lipinski definition) is 0. The smallest absolute Gasteiger partial charge is 0.274 e. The van der Waals surface area contributed by atoms with Crippen LogP contribution < -0.4 is 4.74 Å². The molecule has 1 aliphatic heterocycles. The Morgan fingerprint density at radius 3 is 2.93 bits per heavy atom. The lowest BCUT2D eigenvalue weighted by atomic mass is 10.2. The number of aryl methyl sites for hydroxylation is 1. The highest BCUT2D eigenvalue weighted by Crippen LogP contribution is 2.20. The van der Waals surface area contributed by atoms with Gasteiger partial charge in [-0.15, -0.1) is 0 Å². The molecule has 0 saturated carbocycles. The van der Waals surface area contributed by atoms with E-state index in [-0.39, 0.29) is 35.3 Å². The fourth-order valence-corrected chi connectivity index (χ4v) is 3.34. The molecule has 29 heavy (non-hydrogen) atoms. The molecule has 2 aromatic rings. The number of morpholine rings is 1. The van der Waals surface area contributed by atoms with E-state index in [1.165, 1.54) is 18.0 Å². The molecule has 1 amide bonds. The van der Waals surface area contributed by atoms with Gasteiger partial charge in [-0.2, -0.15) is 4.98 Å². The van der Waals surface area contributed by atoms with E-state index in [1.54, 1.807) is 11.0 Å². The fraction of sp³-hybridized carbons (Fsp3) is 0.526. The summed E-state index contributed by atoms with van der Waals surface area (Å²) in [5, 5.41) is 0.746. The van der Waals surface area contributed by atoms with Crippen molar-refractivity contribution in [3.8, 4) is 5.88 Å². The Morgan fingerprint density at radius 2 is 2.21 bits per heavy atom. The van der Waals surface area contributed by atoms with Crippen LogP contribution in [0.25, 0.3) is 0 Å². The Balaban J connectivity index is 1.65. The normalized spacial score (nSPS) is 16.9. The molecular weight excluding hydrogens is 414 g/mol. The molecule has 2 aromatic heterocycles. The highest BCUT2D eigenvalue weighted by Gasteiger charge is 2.28. The van der Waals surface area contributed by atoms with Crippen molar-refractivity contribution in [2.75, 3.05) is 32.6 Å². The van der Waals surface area contributed by atoms with E-state index < -0.39 is 0 Å². The zero-order valence-corrected chi connectivity index (χ0v) is 18.5. The number of halogens is 1. The van der Waals surface area contributed by atoms with E-state index in [0.29, 0.717) is 30.7 Å². The number of nitrogens with zero attached hydrogens (tertiary/aromatic N) is 5. The van der Waals surface area contributed by atoms with E-state index >= 15 is 0 Å². The first-order chi connectivity index (χ1) is 13.9. The van der Waals surface area contributed by atoms with Crippen LogP contribution in [0.1, 0.15) is 41.8 Å². The van der Waals surface area contributed by atoms with Crippen molar-refractivity contribution in [1.82, 2.24) is 24.8 Å². The van der Waals surface area contributed by atoms with Crippen molar-refractivity contribution in [3.05, 3.63) is 34.5 Å². The number of carbonyl (C=O) groups excluding carboxylic acids is 1. The van der Waals surface area contributed by atoms with E-state index in [0.717, 1.165) is 11.5 Å². The zero-order valence-electron chi connectivity index (χ0n) is 16.9. The molecule has 0 bridgehead atoms. The van der Waals surface area contributed by atoms with Gasteiger partial charge in [0, 0.05) is 24.2 Å². The van der Waals surface area contributed by atoms with E-state index in [9.17, 15) is 4.79 Å². The molecule has 8 nitrogen and oxygen atoms in total. The molecule has 3 heterocycles. The quantitative estimate of drug-likeness (QED) is 0.503. The van der Waals surface area contributed by atoms with Gasteiger partial charge in [0.15, 0.2) is 10.9 Å². The Bertz CT molecular complexity index is 883. The molecule has 0 aliphatic carbocycles. The highest BCUT2D eigenvalue weighted by atomic mass is 35.5. The Kier molecular flexibility index (Phi) is 7.26. The number of ether oxygens (including phenoxy) is 2. The second-order valence-corrected chi connectivity index (χ2v) is 8.15. The Labute approximate surface area is 179 Å². The molecule has 0 N–H and O–H groups in total. The predicted molar refractivity (Wildman–Crippen MR) is 111 cm³/mol. The molecule has 1 saturated heterocycles. The number of hydrogen-bond acceptors (Lipinski definition) is 8.